The molecule has 7 heteroatoms. The molecular formula is C12H14N2O5. The summed E-state index contributed by atoms with van der Waals surface area (Å²) in [5.74, 6) is -1.44. The molecule has 0 radical (unpaired) electrons. The van der Waals surface area contributed by atoms with E-state index in [1.165, 1.54) is 0 Å². The van der Waals surface area contributed by atoms with Crippen LogP contribution in [0.3, 0.4) is 0 Å². The monoisotopic (exact) mass is 266 g/mol. The van der Waals surface area contributed by atoms with Crippen LogP contribution in [0.4, 0.5) is 0 Å². The first-order valence-electron chi connectivity index (χ1n) is 5.61. The first-order chi connectivity index (χ1) is 8.99. The number of hydrogen-bond donors (Lipinski definition) is 1. The summed E-state index contributed by atoms with van der Waals surface area (Å²) in [6, 6.07) is 8.46. The second kappa shape index (κ2) is 7.10. The molecule has 7 nitrogen and oxygen atoms in total. The average molecular weight is 266 g/mol. The van der Waals surface area contributed by atoms with E-state index in [4.69, 9.17) is 0 Å². The van der Waals surface area contributed by atoms with E-state index in [0.717, 1.165) is 12.5 Å². The zero-order chi connectivity index (χ0) is 14.3. The number of amides is 1. The highest BCUT2D eigenvalue weighted by molar-refractivity contribution is 6.35. The van der Waals surface area contributed by atoms with E-state index in [9.17, 15) is 19.7 Å². The van der Waals surface area contributed by atoms with Crippen molar-refractivity contribution in [3.8, 4) is 0 Å². The van der Waals surface area contributed by atoms with Gasteiger partial charge in [-0.2, -0.15) is 0 Å². The van der Waals surface area contributed by atoms with Gasteiger partial charge in [-0.15, -0.1) is 10.1 Å². The summed E-state index contributed by atoms with van der Waals surface area (Å²) in [6.45, 7) is 0.824. The van der Waals surface area contributed by atoms with Crippen molar-refractivity contribution in [3.05, 3.63) is 46.0 Å². The Hall–Kier alpha value is -2.44. The molecule has 1 N–H and O–H groups in total. The number of hydrogen-bond acceptors (Lipinski definition) is 5. The van der Waals surface area contributed by atoms with Crippen LogP contribution in [0.5, 0.6) is 0 Å². The predicted molar refractivity (Wildman–Crippen MR) is 65.7 cm³/mol. The van der Waals surface area contributed by atoms with Gasteiger partial charge < -0.3 is 10.2 Å². The number of nitrogens with zero attached hydrogens (tertiary/aromatic N) is 1. The van der Waals surface area contributed by atoms with Crippen LogP contribution < -0.4 is 5.32 Å². The van der Waals surface area contributed by atoms with Gasteiger partial charge in [-0.25, -0.2) is 0 Å². The van der Waals surface area contributed by atoms with Gasteiger partial charge in [0.2, 0.25) is 5.78 Å². The zero-order valence-electron chi connectivity index (χ0n) is 10.4. The fourth-order valence-corrected chi connectivity index (χ4v) is 1.49. The fourth-order valence-electron chi connectivity index (χ4n) is 1.49. The van der Waals surface area contributed by atoms with Gasteiger partial charge >= 0.3 is 0 Å². The van der Waals surface area contributed by atoms with Crippen molar-refractivity contribution < 1.29 is 19.5 Å². The number of benzene rings is 1. The Kier molecular flexibility index (Phi) is 5.46. The third kappa shape index (κ3) is 5.62. The van der Waals surface area contributed by atoms with Gasteiger partial charge in [-0.3, -0.25) is 9.59 Å². The highest BCUT2D eigenvalue weighted by Crippen LogP contribution is 2.04. The normalized spacial score (nSPS) is 11.4. The summed E-state index contributed by atoms with van der Waals surface area (Å²) in [5.41, 5.74) is 0.878. The number of rotatable bonds is 7. The molecule has 102 valence electrons. The summed E-state index contributed by atoms with van der Waals surface area (Å²) in [4.78, 5) is 36.6. The lowest BCUT2D eigenvalue weighted by molar-refractivity contribution is -0.758. The van der Waals surface area contributed by atoms with Crippen molar-refractivity contribution in [2.75, 3.05) is 6.61 Å². The second-order valence-electron chi connectivity index (χ2n) is 3.94. The lowest BCUT2D eigenvalue weighted by atomic mass is 10.1. The topological polar surface area (TPSA) is 98.5 Å². The minimum atomic E-state index is -0.933. The minimum absolute atomic E-state index is 0.305. The van der Waals surface area contributed by atoms with E-state index in [-0.39, 0.29) is 6.61 Å². The van der Waals surface area contributed by atoms with E-state index in [1.54, 1.807) is 0 Å². The maximum absolute atomic E-state index is 11.3. The Bertz CT molecular complexity index is 460. The van der Waals surface area contributed by atoms with Gasteiger partial charge in [0, 0.05) is 6.92 Å². The molecule has 0 aromatic heterocycles. The molecule has 0 saturated heterocycles. The third-order valence-corrected chi connectivity index (χ3v) is 2.36. The zero-order valence-corrected chi connectivity index (χ0v) is 10.4. The Balaban J connectivity index is 2.66. The van der Waals surface area contributed by atoms with Gasteiger partial charge in [-0.05, 0) is 12.0 Å². The Labute approximate surface area is 109 Å². The van der Waals surface area contributed by atoms with Crippen molar-refractivity contribution in [2.24, 2.45) is 0 Å². The van der Waals surface area contributed by atoms with Crippen molar-refractivity contribution in [1.82, 2.24) is 5.32 Å². The maximum Gasteiger partial charge on any atom is 0.294 e. The molecule has 0 aliphatic rings. The molecule has 0 bridgehead atoms. The molecule has 1 amide bonds. The van der Waals surface area contributed by atoms with Crippen LogP contribution in [0.1, 0.15) is 12.5 Å². The lowest BCUT2D eigenvalue weighted by Crippen LogP contribution is -2.42. The molecule has 0 fully saturated rings. The summed E-state index contributed by atoms with van der Waals surface area (Å²) in [6.07, 6.45) is 0.341. The van der Waals surface area contributed by atoms with Crippen molar-refractivity contribution in [1.29, 1.82) is 0 Å². The number of carbonyl (C=O) groups is 2. The summed E-state index contributed by atoms with van der Waals surface area (Å²) in [7, 11) is 0. The molecule has 1 unspecified atom stereocenters. The highest BCUT2D eigenvalue weighted by atomic mass is 16.9. The van der Waals surface area contributed by atoms with Crippen molar-refractivity contribution in [3.63, 3.8) is 0 Å². The molecule has 0 saturated carbocycles. The number of Topliss-reactive ketones (excluding diaryl/α,β-unsaturated/α-hetero) is 1. The first-order valence-corrected chi connectivity index (χ1v) is 5.61. The van der Waals surface area contributed by atoms with Crippen LogP contribution in [0, 0.1) is 10.1 Å². The van der Waals surface area contributed by atoms with Crippen LogP contribution in [0.15, 0.2) is 30.3 Å². The van der Waals surface area contributed by atoms with Crippen LogP contribution in [0.25, 0.3) is 0 Å². The molecule has 0 heterocycles. The van der Waals surface area contributed by atoms with Gasteiger partial charge in [0.15, 0.2) is 0 Å². The first kappa shape index (κ1) is 14.6. The predicted octanol–water partition coefficient (Wildman–Crippen LogP) is 0.511. The molecule has 1 aromatic rings. The highest BCUT2D eigenvalue weighted by Gasteiger charge is 2.17. The molecule has 19 heavy (non-hydrogen) atoms. The standard InChI is InChI=1S/C12H14N2O5/c1-9(15)12(16)13-11(8-19-14(17)18)7-10-5-3-2-4-6-10/h2-6,11H,7-8H2,1H3,(H,13,16). The molecule has 1 atom stereocenters. The summed E-state index contributed by atoms with van der Waals surface area (Å²) < 4.78 is 0. The molecule has 1 aromatic carbocycles. The van der Waals surface area contributed by atoms with Gasteiger partial charge in [0.1, 0.15) is 6.61 Å². The molecule has 0 spiro atoms. The van der Waals surface area contributed by atoms with Crippen molar-refractivity contribution >= 4 is 11.7 Å². The summed E-state index contributed by atoms with van der Waals surface area (Å²) >= 11 is 0. The summed E-state index contributed by atoms with van der Waals surface area (Å²) in [5, 5.41) is 11.6. The Morgan fingerprint density at radius 1 is 1.37 bits per heavy atom. The van der Waals surface area contributed by atoms with E-state index in [0.29, 0.717) is 6.42 Å². The van der Waals surface area contributed by atoms with E-state index in [1.807, 2.05) is 30.3 Å². The fraction of sp³-hybridized carbons (Fsp3) is 0.333. The largest absolute Gasteiger partial charge is 0.344 e. The van der Waals surface area contributed by atoms with Crippen LogP contribution >= 0.6 is 0 Å². The quantitative estimate of drug-likeness (QED) is 0.440. The smallest absolute Gasteiger partial charge is 0.294 e. The average Bonchev–Trinajstić information content (AvgIpc) is 2.37. The Morgan fingerprint density at radius 3 is 2.53 bits per heavy atom. The van der Waals surface area contributed by atoms with E-state index in [2.05, 4.69) is 10.2 Å². The molecule has 0 aliphatic heterocycles. The molecular weight excluding hydrogens is 252 g/mol. The van der Waals surface area contributed by atoms with Gasteiger partial charge in [0.25, 0.3) is 11.0 Å². The number of nitrogens with one attached hydrogen (secondary N) is 1. The SMILES string of the molecule is CC(=O)C(=O)NC(CO[N+](=O)[O-])Cc1ccccc1. The maximum atomic E-state index is 11.3. The van der Waals surface area contributed by atoms with E-state index >= 15 is 0 Å². The van der Waals surface area contributed by atoms with Crippen molar-refractivity contribution in [2.45, 2.75) is 19.4 Å². The molecule has 1 rings (SSSR count). The molecule has 0 aliphatic carbocycles. The minimum Gasteiger partial charge on any atom is -0.344 e. The number of carbonyl (C=O) groups excluding carboxylic acids is 2. The van der Waals surface area contributed by atoms with Gasteiger partial charge in [-0.1, -0.05) is 30.3 Å². The van der Waals surface area contributed by atoms with Crippen LogP contribution in [-0.2, 0) is 20.8 Å². The van der Waals surface area contributed by atoms with Crippen LogP contribution in [-0.4, -0.2) is 29.4 Å². The number of ketones is 1. The lowest BCUT2D eigenvalue weighted by Gasteiger charge is -2.16. The Morgan fingerprint density at radius 2 is 2.00 bits per heavy atom. The van der Waals surface area contributed by atoms with Crippen LogP contribution in [0.2, 0.25) is 0 Å². The third-order valence-electron chi connectivity index (χ3n) is 2.36. The second-order valence-corrected chi connectivity index (χ2v) is 3.94. The van der Waals surface area contributed by atoms with E-state index < -0.39 is 22.8 Å². The van der Waals surface area contributed by atoms with Gasteiger partial charge in [0.05, 0.1) is 6.04 Å².